The van der Waals surface area contributed by atoms with Crippen molar-refractivity contribution in [2.45, 2.75) is 19.3 Å². The van der Waals surface area contributed by atoms with Gasteiger partial charge in [-0.3, -0.25) is 0 Å². The molecule has 0 spiro atoms. The van der Waals surface area contributed by atoms with Crippen LogP contribution < -0.4 is 4.90 Å². The molecule has 0 amide bonds. The minimum Gasteiger partial charge on any atom is -0.455 e. The fourth-order valence-corrected chi connectivity index (χ4v) is 11.2. The standard InChI is InChI=1S/C57H37NO2S/c1-57(2)48-19-8-6-14-40(48)41-29-27-38(31-49(41)57)58(37-25-22-34(23-26-37)36-24-28-43-42-15-7-9-21-53(42)61-54(43)30-36)50-20-11-18-45-47-33-51-46(32-52(47)60-56(45)50)44-17-10-16-39(55(44)59-51)35-12-4-3-5-13-35/h3-33H,1-2H3. The van der Waals surface area contributed by atoms with Crippen molar-refractivity contribution in [1.29, 1.82) is 0 Å². The summed E-state index contributed by atoms with van der Waals surface area (Å²) >= 11 is 1.86. The molecule has 1 aliphatic carbocycles. The van der Waals surface area contributed by atoms with Gasteiger partial charge in [-0.15, -0.1) is 11.3 Å². The minimum atomic E-state index is -0.148. The first-order valence-electron chi connectivity index (χ1n) is 20.9. The van der Waals surface area contributed by atoms with E-state index in [0.717, 1.165) is 72.1 Å². The number of nitrogens with zero attached hydrogens (tertiary/aromatic N) is 1. The van der Waals surface area contributed by atoms with Gasteiger partial charge in [0.1, 0.15) is 16.7 Å². The predicted molar refractivity (Wildman–Crippen MR) is 257 cm³/mol. The molecule has 288 valence electrons. The smallest absolute Gasteiger partial charge is 0.159 e. The van der Waals surface area contributed by atoms with E-state index >= 15 is 0 Å². The highest BCUT2D eigenvalue weighted by atomic mass is 32.1. The van der Waals surface area contributed by atoms with E-state index in [1.807, 2.05) is 17.4 Å². The van der Waals surface area contributed by atoms with Crippen molar-refractivity contribution in [1.82, 2.24) is 0 Å². The molecular weight excluding hydrogens is 763 g/mol. The summed E-state index contributed by atoms with van der Waals surface area (Å²) in [7, 11) is 0. The van der Waals surface area contributed by atoms with Gasteiger partial charge < -0.3 is 13.7 Å². The minimum absolute atomic E-state index is 0.148. The third kappa shape index (κ3) is 5.09. The highest BCUT2D eigenvalue weighted by molar-refractivity contribution is 7.25. The monoisotopic (exact) mass is 799 g/mol. The first-order valence-corrected chi connectivity index (χ1v) is 21.7. The number of para-hydroxylation sites is 2. The predicted octanol–water partition coefficient (Wildman–Crippen LogP) is 17.0. The Morgan fingerprint density at radius 3 is 1.85 bits per heavy atom. The molecule has 12 aromatic rings. The van der Waals surface area contributed by atoms with Crippen LogP contribution in [0.25, 0.3) is 97.4 Å². The molecule has 0 saturated heterocycles. The summed E-state index contributed by atoms with van der Waals surface area (Å²) in [5.41, 5.74) is 16.3. The summed E-state index contributed by atoms with van der Waals surface area (Å²) in [6.45, 7) is 4.69. The Kier molecular flexibility index (Phi) is 7.23. The van der Waals surface area contributed by atoms with E-state index in [1.165, 1.54) is 53.6 Å². The number of thiophene rings is 1. The van der Waals surface area contributed by atoms with Crippen LogP contribution in [0.5, 0.6) is 0 Å². The van der Waals surface area contributed by atoms with E-state index in [0.29, 0.717) is 0 Å². The third-order valence-corrected chi connectivity index (χ3v) is 14.2. The van der Waals surface area contributed by atoms with Gasteiger partial charge in [0.15, 0.2) is 5.58 Å². The lowest BCUT2D eigenvalue weighted by molar-refractivity contribution is 0.660. The normalized spacial score (nSPS) is 13.2. The van der Waals surface area contributed by atoms with Crippen LogP contribution in [0, 0.1) is 0 Å². The van der Waals surface area contributed by atoms with Gasteiger partial charge in [0.2, 0.25) is 0 Å². The van der Waals surface area contributed by atoms with E-state index in [1.54, 1.807) is 0 Å². The summed E-state index contributed by atoms with van der Waals surface area (Å²) in [6, 6.07) is 68.1. The zero-order valence-corrected chi connectivity index (χ0v) is 34.4. The van der Waals surface area contributed by atoms with Crippen LogP contribution in [0.2, 0.25) is 0 Å². The topological polar surface area (TPSA) is 29.5 Å². The zero-order valence-electron chi connectivity index (χ0n) is 33.6. The van der Waals surface area contributed by atoms with Gasteiger partial charge in [0, 0.05) is 64.1 Å². The highest BCUT2D eigenvalue weighted by Crippen LogP contribution is 2.52. The molecule has 4 heteroatoms. The molecule has 0 unspecified atom stereocenters. The van der Waals surface area contributed by atoms with Crippen LogP contribution in [0.15, 0.2) is 197 Å². The zero-order chi connectivity index (χ0) is 40.4. The number of furan rings is 2. The van der Waals surface area contributed by atoms with Crippen LogP contribution >= 0.6 is 11.3 Å². The van der Waals surface area contributed by atoms with Crippen molar-refractivity contribution in [3.05, 3.63) is 199 Å². The molecule has 9 aromatic carbocycles. The van der Waals surface area contributed by atoms with Gasteiger partial charge in [-0.1, -0.05) is 147 Å². The van der Waals surface area contributed by atoms with Crippen molar-refractivity contribution in [3.63, 3.8) is 0 Å². The molecule has 13 rings (SSSR count). The number of fused-ring (bicyclic) bond motifs is 12. The van der Waals surface area contributed by atoms with Crippen LogP contribution in [0.1, 0.15) is 25.0 Å². The fourth-order valence-electron chi connectivity index (χ4n) is 10.1. The van der Waals surface area contributed by atoms with E-state index in [2.05, 4.69) is 201 Å². The number of hydrogen-bond acceptors (Lipinski definition) is 4. The van der Waals surface area contributed by atoms with Gasteiger partial charge in [-0.05, 0) is 93.5 Å². The molecule has 0 radical (unpaired) electrons. The van der Waals surface area contributed by atoms with Gasteiger partial charge in [-0.2, -0.15) is 0 Å². The Hall–Kier alpha value is -7.40. The lowest BCUT2D eigenvalue weighted by atomic mass is 9.82. The number of rotatable bonds is 5. The van der Waals surface area contributed by atoms with E-state index in [-0.39, 0.29) is 5.41 Å². The summed E-state index contributed by atoms with van der Waals surface area (Å²) in [5, 5.41) is 6.83. The quantitative estimate of drug-likeness (QED) is 0.174. The van der Waals surface area contributed by atoms with E-state index in [4.69, 9.17) is 8.83 Å². The van der Waals surface area contributed by atoms with Crippen LogP contribution in [-0.2, 0) is 5.41 Å². The second-order valence-electron chi connectivity index (χ2n) is 16.8. The molecule has 0 fully saturated rings. The lowest BCUT2D eigenvalue weighted by Gasteiger charge is -2.28. The molecule has 0 bridgehead atoms. The SMILES string of the molecule is CC1(C)c2ccccc2-c2ccc(N(c3ccc(-c4ccc5c(c4)sc4ccccc45)cc3)c3cccc4c3oc3cc5c(cc34)oc3c(-c4ccccc4)cccc35)cc21. The van der Waals surface area contributed by atoms with Crippen molar-refractivity contribution >= 4 is 92.4 Å². The van der Waals surface area contributed by atoms with E-state index in [9.17, 15) is 0 Å². The molecule has 3 aromatic heterocycles. The van der Waals surface area contributed by atoms with Crippen molar-refractivity contribution in [3.8, 4) is 33.4 Å². The van der Waals surface area contributed by atoms with Crippen LogP contribution in [0.3, 0.4) is 0 Å². The Balaban J connectivity index is 0.978. The molecule has 0 atom stereocenters. The maximum atomic E-state index is 7.01. The average molecular weight is 800 g/mol. The van der Waals surface area contributed by atoms with Crippen LogP contribution in [-0.4, -0.2) is 0 Å². The molecule has 0 aliphatic heterocycles. The maximum absolute atomic E-state index is 7.01. The largest absolute Gasteiger partial charge is 0.455 e. The van der Waals surface area contributed by atoms with Crippen molar-refractivity contribution in [2.24, 2.45) is 0 Å². The second-order valence-corrected chi connectivity index (χ2v) is 17.9. The summed E-state index contributed by atoms with van der Waals surface area (Å²) in [6.07, 6.45) is 0. The Labute approximate surface area is 356 Å². The second kappa shape index (κ2) is 12.8. The first kappa shape index (κ1) is 34.5. The summed E-state index contributed by atoms with van der Waals surface area (Å²) in [5.74, 6) is 0. The Bertz CT molecular complexity index is 3740. The molecule has 0 N–H and O–H groups in total. The first-order chi connectivity index (χ1) is 30.0. The number of hydrogen-bond donors (Lipinski definition) is 0. The van der Waals surface area contributed by atoms with Crippen LogP contribution in [0.4, 0.5) is 17.1 Å². The number of anilines is 3. The number of benzene rings is 9. The van der Waals surface area contributed by atoms with E-state index < -0.39 is 0 Å². The molecule has 61 heavy (non-hydrogen) atoms. The highest BCUT2D eigenvalue weighted by Gasteiger charge is 2.36. The van der Waals surface area contributed by atoms with Gasteiger partial charge in [-0.25, -0.2) is 0 Å². The molecule has 3 nitrogen and oxygen atoms in total. The Morgan fingerprint density at radius 1 is 0.393 bits per heavy atom. The van der Waals surface area contributed by atoms with Crippen molar-refractivity contribution in [2.75, 3.05) is 4.90 Å². The fraction of sp³-hybridized carbons (Fsp3) is 0.0526. The summed E-state index contributed by atoms with van der Waals surface area (Å²) < 4.78 is 16.3. The van der Waals surface area contributed by atoms with Gasteiger partial charge in [0.25, 0.3) is 0 Å². The molecule has 3 heterocycles. The molecule has 1 aliphatic rings. The maximum Gasteiger partial charge on any atom is 0.159 e. The molecule has 0 saturated carbocycles. The summed E-state index contributed by atoms with van der Waals surface area (Å²) in [4.78, 5) is 2.37. The van der Waals surface area contributed by atoms with Gasteiger partial charge >= 0.3 is 0 Å². The van der Waals surface area contributed by atoms with Gasteiger partial charge in [0.05, 0.1) is 5.69 Å². The third-order valence-electron chi connectivity index (χ3n) is 13.1. The average Bonchev–Trinajstić information content (AvgIpc) is 4.04. The van der Waals surface area contributed by atoms with Crippen molar-refractivity contribution < 1.29 is 8.83 Å². The molecular formula is C57H37NO2S. The Morgan fingerprint density at radius 2 is 1.02 bits per heavy atom. The lowest BCUT2D eigenvalue weighted by Crippen LogP contribution is -2.16.